The maximum Gasteiger partial charge on any atom is 0.255 e. The Bertz CT molecular complexity index is 1210. The molecule has 4 rings (SSSR count). The molecule has 0 unspecified atom stereocenters. The number of aromatic nitrogens is 3. The molecule has 2 aromatic heterocycles. The van der Waals surface area contributed by atoms with Crippen LogP contribution in [0.3, 0.4) is 0 Å². The number of amides is 1. The van der Waals surface area contributed by atoms with Gasteiger partial charge < -0.3 is 21.1 Å². The number of nitrogens with two attached hydrogens (primary N) is 1. The zero-order valence-electron chi connectivity index (χ0n) is 17.4. The van der Waals surface area contributed by atoms with E-state index >= 15 is 0 Å². The zero-order chi connectivity index (χ0) is 22.3. The van der Waals surface area contributed by atoms with Crippen molar-refractivity contribution in [2.24, 2.45) is 0 Å². The third-order valence-electron chi connectivity index (χ3n) is 4.77. The van der Waals surface area contributed by atoms with Crippen molar-refractivity contribution in [3.8, 4) is 17.1 Å². The topological polar surface area (TPSA) is 115 Å². The number of nitrogen functional groups attached to an aromatic ring is 1. The molecular formula is C24H22N6O2. The van der Waals surface area contributed by atoms with Crippen LogP contribution in [0.5, 0.6) is 5.75 Å². The highest BCUT2D eigenvalue weighted by Gasteiger charge is 2.09. The second-order valence-corrected chi connectivity index (χ2v) is 6.96. The number of benzene rings is 2. The minimum absolute atomic E-state index is 0.238. The SMILES string of the molecule is COc1ccc(NC(=O)c2ccc(CNc3ccnc(-c4cccnc4)n3)cc2)c(N)c1. The Morgan fingerprint density at radius 3 is 2.62 bits per heavy atom. The van der Waals surface area contributed by atoms with Gasteiger partial charge in [0.15, 0.2) is 5.82 Å². The van der Waals surface area contributed by atoms with E-state index in [0.717, 1.165) is 11.1 Å². The molecule has 0 saturated carbocycles. The summed E-state index contributed by atoms with van der Waals surface area (Å²) in [4.78, 5) is 25.5. The summed E-state index contributed by atoms with van der Waals surface area (Å²) in [6.45, 7) is 0.552. The monoisotopic (exact) mass is 426 g/mol. The number of hydrogen-bond donors (Lipinski definition) is 3. The summed E-state index contributed by atoms with van der Waals surface area (Å²) in [7, 11) is 1.56. The van der Waals surface area contributed by atoms with Crippen LogP contribution in [0.4, 0.5) is 17.2 Å². The molecule has 0 aliphatic rings. The molecule has 160 valence electrons. The van der Waals surface area contributed by atoms with Gasteiger partial charge in [0.1, 0.15) is 11.6 Å². The van der Waals surface area contributed by atoms with Crippen LogP contribution in [0.15, 0.2) is 79.3 Å². The molecule has 0 atom stereocenters. The van der Waals surface area contributed by atoms with Gasteiger partial charge in [0.05, 0.1) is 18.5 Å². The summed E-state index contributed by atoms with van der Waals surface area (Å²) in [5.74, 6) is 1.70. The Hall–Kier alpha value is -4.46. The van der Waals surface area contributed by atoms with Crippen molar-refractivity contribution < 1.29 is 9.53 Å². The van der Waals surface area contributed by atoms with Gasteiger partial charge in [0, 0.05) is 42.3 Å². The van der Waals surface area contributed by atoms with Gasteiger partial charge in [-0.15, -0.1) is 0 Å². The van der Waals surface area contributed by atoms with Gasteiger partial charge in [-0.25, -0.2) is 9.97 Å². The van der Waals surface area contributed by atoms with Crippen LogP contribution in [-0.4, -0.2) is 28.0 Å². The fourth-order valence-electron chi connectivity index (χ4n) is 3.03. The summed E-state index contributed by atoms with van der Waals surface area (Å²) in [6, 6.07) is 18.0. The first-order valence-electron chi connectivity index (χ1n) is 9.93. The number of methoxy groups -OCH3 is 1. The maximum atomic E-state index is 12.5. The fraction of sp³-hybridized carbons (Fsp3) is 0.0833. The van der Waals surface area contributed by atoms with Crippen molar-refractivity contribution in [1.29, 1.82) is 0 Å². The summed E-state index contributed by atoms with van der Waals surface area (Å²) in [5, 5.41) is 6.10. The van der Waals surface area contributed by atoms with Gasteiger partial charge in [-0.1, -0.05) is 12.1 Å². The summed E-state index contributed by atoms with van der Waals surface area (Å²) in [6.07, 6.45) is 5.14. The number of anilines is 3. The van der Waals surface area contributed by atoms with Crippen LogP contribution >= 0.6 is 0 Å². The predicted octanol–water partition coefficient (Wildman–Crippen LogP) is 3.99. The second kappa shape index (κ2) is 9.57. The first-order valence-corrected chi connectivity index (χ1v) is 9.93. The van der Waals surface area contributed by atoms with Crippen LogP contribution in [-0.2, 0) is 6.54 Å². The van der Waals surface area contributed by atoms with Crippen molar-refractivity contribution >= 4 is 23.1 Å². The molecule has 1 amide bonds. The Morgan fingerprint density at radius 1 is 1.06 bits per heavy atom. The number of carbonyl (C=O) groups excluding carboxylic acids is 1. The van der Waals surface area contributed by atoms with Gasteiger partial charge in [-0.2, -0.15) is 0 Å². The first-order chi connectivity index (χ1) is 15.6. The van der Waals surface area contributed by atoms with Crippen molar-refractivity contribution in [3.05, 3.63) is 90.4 Å². The number of ether oxygens (including phenoxy) is 1. The Balaban J connectivity index is 1.37. The number of pyridine rings is 1. The fourth-order valence-corrected chi connectivity index (χ4v) is 3.03. The Labute approximate surface area is 185 Å². The van der Waals surface area contributed by atoms with Gasteiger partial charge in [0.25, 0.3) is 5.91 Å². The smallest absolute Gasteiger partial charge is 0.255 e. The predicted molar refractivity (Wildman–Crippen MR) is 124 cm³/mol. The molecule has 0 aliphatic carbocycles. The van der Waals surface area contributed by atoms with E-state index in [-0.39, 0.29) is 5.91 Å². The lowest BCUT2D eigenvalue weighted by Gasteiger charge is -2.10. The van der Waals surface area contributed by atoms with E-state index in [1.165, 1.54) is 0 Å². The van der Waals surface area contributed by atoms with Gasteiger partial charge in [-0.05, 0) is 48.0 Å². The highest BCUT2D eigenvalue weighted by Crippen LogP contribution is 2.24. The van der Waals surface area contributed by atoms with E-state index in [0.29, 0.717) is 40.9 Å². The number of nitrogens with zero attached hydrogens (tertiary/aromatic N) is 3. The minimum Gasteiger partial charge on any atom is -0.497 e. The summed E-state index contributed by atoms with van der Waals surface area (Å²) >= 11 is 0. The lowest BCUT2D eigenvalue weighted by atomic mass is 10.1. The average molecular weight is 426 g/mol. The molecule has 4 N–H and O–H groups in total. The highest BCUT2D eigenvalue weighted by atomic mass is 16.5. The molecule has 0 bridgehead atoms. The van der Waals surface area contributed by atoms with E-state index in [1.54, 1.807) is 62.1 Å². The van der Waals surface area contributed by atoms with Crippen LogP contribution in [0.25, 0.3) is 11.4 Å². The van der Waals surface area contributed by atoms with Crippen LogP contribution in [0, 0.1) is 0 Å². The molecule has 0 radical (unpaired) electrons. The molecule has 32 heavy (non-hydrogen) atoms. The molecular weight excluding hydrogens is 404 g/mol. The molecule has 0 saturated heterocycles. The quantitative estimate of drug-likeness (QED) is 0.383. The molecule has 4 aromatic rings. The molecule has 0 fully saturated rings. The van der Waals surface area contributed by atoms with Crippen LogP contribution in [0.1, 0.15) is 15.9 Å². The largest absolute Gasteiger partial charge is 0.497 e. The number of nitrogens with one attached hydrogen (secondary N) is 2. The van der Waals surface area contributed by atoms with Gasteiger partial charge >= 0.3 is 0 Å². The van der Waals surface area contributed by atoms with E-state index < -0.39 is 0 Å². The second-order valence-electron chi connectivity index (χ2n) is 6.96. The van der Waals surface area contributed by atoms with Crippen LogP contribution < -0.4 is 21.1 Å². The van der Waals surface area contributed by atoms with E-state index in [1.807, 2.05) is 24.3 Å². The standard InChI is InChI=1S/C24H22N6O2/c1-32-19-8-9-21(20(25)13-19)29-24(31)17-6-4-16(5-7-17)14-28-22-10-12-27-23(30-22)18-3-2-11-26-15-18/h2-13,15H,14,25H2,1H3,(H,29,31)(H,27,28,30). The number of carbonyl (C=O) groups is 1. The number of rotatable bonds is 7. The summed E-state index contributed by atoms with van der Waals surface area (Å²) < 4.78 is 5.13. The van der Waals surface area contributed by atoms with Crippen molar-refractivity contribution in [2.75, 3.05) is 23.5 Å². The first kappa shape index (κ1) is 20.8. The molecule has 8 nitrogen and oxygen atoms in total. The summed E-state index contributed by atoms with van der Waals surface area (Å²) in [5.41, 5.74) is 9.34. The minimum atomic E-state index is -0.238. The van der Waals surface area contributed by atoms with Crippen molar-refractivity contribution in [1.82, 2.24) is 15.0 Å². The highest BCUT2D eigenvalue weighted by molar-refractivity contribution is 6.05. The lowest BCUT2D eigenvalue weighted by Crippen LogP contribution is -2.13. The third-order valence-corrected chi connectivity index (χ3v) is 4.77. The third kappa shape index (κ3) is 4.99. The Morgan fingerprint density at radius 2 is 1.91 bits per heavy atom. The van der Waals surface area contributed by atoms with E-state index in [4.69, 9.17) is 10.5 Å². The average Bonchev–Trinajstić information content (AvgIpc) is 2.85. The molecule has 0 aliphatic heterocycles. The molecule has 2 aromatic carbocycles. The van der Waals surface area contributed by atoms with E-state index in [9.17, 15) is 4.79 Å². The zero-order valence-corrected chi connectivity index (χ0v) is 17.4. The van der Waals surface area contributed by atoms with Gasteiger partial charge in [-0.3, -0.25) is 9.78 Å². The maximum absolute atomic E-state index is 12.5. The van der Waals surface area contributed by atoms with Crippen molar-refractivity contribution in [3.63, 3.8) is 0 Å². The Kier molecular flexibility index (Phi) is 6.22. The molecule has 0 spiro atoms. The molecule has 2 heterocycles. The van der Waals surface area contributed by atoms with Crippen molar-refractivity contribution in [2.45, 2.75) is 6.54 Å². The number of hydrogen-bond acceptors (Lipinski definition) is 7. The van der Waals surface area contributed by atoms with E-state index in [2.05, 4.69) is 25.6 Å². The molecule has 8 heteroatoms. The normalized spacial score (nSPS) is 10.4. The lowest BCUT2D eigenvalue weighted by molar-refractivity contribution is 0.102. The van der Waals surface area contributed by atoms with Gasteiger partial charge in [0.2, 0.25) is 0 Å². The van der Waals surface area contributed by atoms with Crippen LogP contribution in [0.2, 0.25) is 0 Å².